The highest BCUT2D eigenvalue weighted by atomic mass is 35.5. The Hall–Kier alpha value is -0.820. The molecule has 1 aromatic carbocycles. The molecule has 1 atom stereocenters. The van der Waals surface area contributed by atoms with Gasteiger partial charge in [0, 0.05) is 26.2 Å². The average Bonchev–Trinajstić information content (AvgIpc) is 3.11. The normalized spacial score (nSPS) is 25.5. The molecular formula is C19H26Cl2N2O3S. The van der Waals surface area contributed by atoms with Gasteiger partial charge in [-0.1, -0.05) is 6.07 Å². The summed E-state index contributed by atoms with van der Waals surface area (Å²) in [6, 6.07) is 2.02. The van der Waals surface area contributed by atoms with E-state index in [-0.39, 0.29) is 19.0 Å². The number of halogens is 2. The van der Waals surface area contributed by atoms with Crippen LogP contribution in [0.1, 0.15) is 35.6 Å². The molecule has 0 radical (unpaired) electrons. The second-order valence-electron chi connectivity index (χ2n) is 8.00. The highest BCUT2D eigenvalue weighted by Gasteiger charge is 2.68. The van der Waals surface area contributed by atoms with E-state index < -0.39 is 19.8 Å². The average molecular weight is 433 g/mol. The summed E-state index contributed by atoms with van der Waals surface area (Å²) in [5.41, 5.74) is 2.74. The van der Waals surface area contributed by atoms with Crippen molar-refractivity contribution in [1.29, 1.82) is 0 Å². The Kier molecular flexibility index (Phi) is 5.12. The highest BCUT2D eigenvalue weighted by molar-refractivity contribution is 7.89. The van der Waals surface area contributed by atoms with Gasteiger partial charge in [0.25, 0.3) is 0 Å². The van der Waals surface area contributed by atoms with E-state index in [9.17, 15) is 13.2 Å². The molecule has 2 fully saturated rings. The Labute approximate surface area is 171 Å². The van der Waals surface area contributed by atoms with E-state index >= 15 is 0 Å². The molecule has 0 aromatic heterocycles. The monoisotopic (exact) mass is 432 g/mol. The predicted molar refractivity (Wildman–Crippen MR) is 108 cm³/mol. The summed E-state index contributed by atoms with van der Waals surface area (Å²) in [5, 5.41) is 0. The van der Waals surface area contributed by atoms with Gasteiger partial charge in [0.15, 0.2) is 0 Å². The number of alkyl halides is 2. The first kappa shape index (κ1) is 20.9. The second kappa shape index (κ2) is 6.61. The van der Waals surface area contributed by atoms with E-state index in [1.54, 1.807) is 11.8 Å². The summed E-state index contributed by atoms with van der Waals surface area (Å²) in [5.74, 6) is -0.0942. The number of sulfonamides is 1. The Bertz CT molecular complexity index is 880. The summed E-state index contributed by atoms with van der Waals surface area (Å²) in [4.78, 5) is 14.8. The number of benzene rings is 1. The van der Waals surface area contributed by atoms with Crippen LogP contribution in [0.4, 0.5) is 0 Å². The molecule has 5 nitrogen and oxygen atoms in total. The molecule has 3 rings (SSSR count). The summed E-state index contributed by atoms with van der Waals surface area (Å²) in [7, 11) is -3.62. The van der Waals surface area contributed by atoms with Crippen LogP contribution in [0, 0.1) is 33.1 Å². The van der Waals surface area contributed by atoms with Gasteiger partial charge in [-0.05, 0) is 63.3 Å². The van der Waals surface area contributed by atoms with Crippen LogP contribution in [0.3, 0.4) is 0 Å². The minimum Gasteiger partial charge on any atom is -0.339 e. The van der Waals surface area contributed by atoms with E-state index in [0.717, 1.165) is 22.3 Å². The van der Waals surface area contributed by atoms with Crippen molar-refractivity contribution in [3.63, 3.8) is 0 Å². The molecule has 2 aliphatic rings. The van der Waals surface area contributed by atoms with Crippen molar-refractivity contribution in [2.45, 2.75) is 50.3 Å². The maximum absolute atomic E-state index is 13.3. The van der Waals surface area contributed by atoms with Crippen LogP contribution in [0.15, 0.2) is 11.0 Å². The Morgan fingerprint density at radius 2 is 1.44 bits per heavy atom. The van der Waals surface area contributed by atoms with Crippen LogP contribution in [0.25, 0.3) is 0 Å². The van der Waals surface area contributed by atoms with Crippen molar-refractivity contribution < 1.29 is 13.2 Å². The van der Waals surface area contributed by atoms with E-state index in [1.807, 2.05) is 33.8 Å². The third-order valence-electron chi connectivity index (χ3n) is 6.15. The largest absolute Gasteiger partial charge is 0.339 e. The van der Waals surface area contributed by atoms with Gasteiger partial charge in [0.1, 0.15) is 4.33 Å². The first-order chi connectivity index (χ1) is 12.3. The number of nitrogens with zero attached hydrogens (tertiary/aromatic N) is 2. The van der Waals surface area contributed by atoms with Crippen LogP contribution in [-0.2, 0) is 14.8 Å². The van der Waals surface area contributed by atoms with Crippen LogP contribution < -0.4 is 0 Å². The Morgan fingerprint density at radius 3 is 1.85 bits per heavy atom. The highest BCUT2D eigenvalue weighted by Crippen LogP contribution is 2.64. The van der Waals surface area contributed by atoms with Crippen molar-refractivity contribution in [3.05, 3.63) is 28.3 Å². The fourth-order valence-electron chi connectivity index (χ4n) is 3.81. The minimum atomic E-state index is -3.62. The van der Waals surface area contributed by atoms with Crippen molar-refractivity contribution in [3.8, 4) is 0 Å². The van der Waals surface area contributed by atoms with Gasteiger partial charge in [0.05, 0.1) is 10.3 Å². The molecule has 1 heterocycles. The van der Waals surface area contributed by atoms with Crippen molar-refractivity contribution >= 4 is 39.1 Å². The SMILES string of the molecule is Cc1cc(C)c(C)c(S(=O)(=O)N2CCN(C(=O)C3(C)CC3(Cl)Cl)CC2)c1C. The third kappa shape index (κ3) is 3.28. The zero-order valence-electron chi connectivity index (χ0n) is 16.4. The third-order valence-corrected chi connectivity index (χ3v) is 9.43. The number of amides is 1. The smallest absolute Gasteiger partial charge is 0.243 e. The zero-order valence-corrected chi connectivity index (χ0v) is 18.7. The minimum absolute atomic E-state index is 0.0942. The maximum atomic E-state index is 13.3. The van der Waals surface area contributed by atoms with Gasteiger partial charge in [-0.15, -0.1) is 23.2 Å². The van der Waals surface area contributed by atoms with Crippen molar-refractivity contribution in [2.24, 2.45) is 5.41 Å². The van der Waals surface area contributed by atoms with Gasteiger partial charge in [-0.25, -0.2) is 8.42 Å². The maximum Gasteiger partial charge on any atom is 0.243 e. The molecule has 150 valence electrons. The zero-order chi connectivity index (χ0) is 20.4. The number of rotatable bonds is 3. The lowest BCUT2D eigenvalue weighted by atomic mass is 10.0. The number of aryl methyl sites for hydroxylation is 2. The summed E-state index contributed by atoms with van der Waals surface area (Å²) < 4.78 is 27.1. The lowest BCUT2D eigenvalue weighted by Crippen LogP contribution is -2.52. The summed E-state index contributed by atoms with van der Waals surface area (Å²) >= 11 is 12.2. The first-order valence-corrected chi connectivity index (χ1v) is 11.3. The molecule has 1 saturated heterocycles. The van der Waals surface area contributed by atoms with Crippen molar-refractivity contribution in [1.82, 2.24) is 9.21 Å². The van der Waals surface area contributed by atoms with E-state index in [0.29, 0.717) is 24.4 Å². The van der Waals surface area contributed by atoms with Gasteiger partial charge in [-0.2, -0.15) is 4.31 Å². The fraction of sp³-hybridized carbons (Fsp3) is 0.632. The number of piperazine rings is 1. The van der Waals surface area contributed by atoms with Gasteiger partial charge in [-0.3, -0.25) is 4.79 Å². The first-order valence-electron chi connectivity index (χ1n) is 9.08. The Morgan fingerprint density at radius 1 is 1.00 bits per heavy atom. The lowest BCUT2D eigenvalue weighted by Gasteiger charge is -2.36. The van der Waals surface area contributed by atoms with Crippen LogP contribution in [0.2, 0.25) is 0 Å². The number of hydrogen-bond acceptors (Lipinski definition) is 3. The molecule has 0 bridgehead atoms. The lowest BCUT2D eigenvalue weighted by molar-refractivity contribution is -0.137. The van der Waals surface area contributed by atoms with Gasteiger partial charge >= 0.3 is 0 Å². The standard InChI is InChI=1S/C19H26Cl2N2O3S/c1-12-10-13(2)15(4)16(14(12)3)27(25,26)23-8-6-22(7-9-23)17(24)18(5)11-19(18,20)21/h10H,6-9,11H2,1-5H3. The quantitative estimate of drug-likeness (QED) is 0.688. The van der Waals surface area contributed by atoms with E-state index in [2.05, 4.69) is 0 Å². The van der Waals surface area contributed by atoms with Gasteiger partial charge in [0.2, 0.25) is 15.9 Å². The van der Waals surface area contributed by atoms with Crippen LogP contribution in [-0.4, -0.2) is 54.0 Å². The molecule has 1 aliphatic carbocycles. The molecule has 1 unspecified atom stereocenters. The van der Waals surface area contributed by atoms with E-state index in [4.69, 9.17) is 23.2 Å². The fourth-order valence-corrected chi connectivity index (χ4v) is 6.50. The molecule has 1 saturated carbocycles. The van der Waals surface area contributed by atoms with Crippen LogP contribution in [0.5, 0.6) is 0 Å². The molecule has 0 spiro atoms. The van der Waals surface area contributed by atoms with Gasteiger partial charge < -0.3 is 4.90 Å². The molecule has 8 heteroatoms. The number of hydrogen-bond donors (Lipinski definition) is 0. The summed E-state index contributed by atoms with van der Waals surface area (Å²) in [6.45, 7) is 10.6. The molecule has 27 heavy (non-hydrogen) atoms. The number of carbonyl (C=O) groups excluding carboxylic acids is 1. The number of carbonyl (C=O) groups is 1. The molecule has 1 aromatic rings. The predicted octanol–water partition coefficient (Wildman–Crippen LogP) is 3.34. The summed E-state index contributed by atoms with van der Waals surface area (Å²) in [6.07, 6.45) is 0.432. The Balaban J connectivity index is 1.80. The second-order valence-corrected chi connectivity index (χ2v) is 11.4. The molecule has 0 N–H and O–H groups in total. The molecule has 1 amide bonds. The molecular weight excluding hydrogens is 407 g/mol. The van der Waals surface area contributed by atoms with Crippen molar-refractivity contribution in [2.75, 3.05) is 26.2 Å². The van der Waals surface area contributed by atoms with Crippen LogP contribution >= 0.6 is 23.2 Å². The topological polar surface area (TPSA) is 57.7 Å². The molecule has 1 aliphatic heterocycles. The van der Waals surface area contributed by atoms with E-state index in [1.165, 1.54) is 4.31 Å².